The lowest BCUT2D eigenvalue weighted by atomic mass is 10.2. The van der Waals surface area contributed by atoms with E-state index in [2.05, 4.69) is 20.6 Å². The molecule has 0 aliphatic rings. The lowest BCUT2D eigenvalue weighted by Crippen LogP contribution is -2.04. The van der Waals surface area contributed by atoms with Gasteiger partial charge in [-0.2, -0.15) is 4.98 Å². The molecule has 3 aromatic rings. The normalized spacial score (nSPS) is 10.2. The van der Waals surface area contributed by atoms with E-state index >= 15 is 0 Å². The van der Waals surface area contributed by atoms with Crippen molar-refractivity contribution in [3.63, 3.8) is 0 Å². The lowest BCUT2D eigenvalue weighted by Gasteiger charge is -2.13. The summed E-state index contributed by atoms with van der Waals surface area (Å²) < 4.78 is 10.3. The second kappa shape index (κ2) is 8.85. The van der Waals surface area contributed by atoms with Gasteiger partial charge in [0, 0.05) is 17.4 Å². The average molecular weight is 378 g/mol. The number of ether oxygens (including phenoxy) is 2. The van der Waals surface area contributed by atoms with Crippen LogP contribution in [-0.2, 0) is 4.74 Å². The first-order chi connectivity index (χ1) is 13.6. The fourth-order valence-electron chi connectivity index (χ4n) is 2.62. The summed E-state index contributed by atoms with van der Waals surface area (Å²) >= 11 is 0. The maximum absolute atomic E-state index is 11.5. The highest BCUT2D eigenvalue weighted by atomic mass is 16.5. The third-order valence-corrected chi connectivity index (χ3v) is 3.87. The maximum Gasteiger partial charge on any atom is 0.337 e. The first-order valence-corrected chi connectivity index (χ1v) is 8.89. The number of methoxy groups -OCH3 is 1. The molecule has 0 saturated heterocycles. The number of rotatable bonds is 7. The van der Waals surface area contributed by atoms with Crippen LogP contribution in [0.15, 0.2) is 54.6 Å². The summed E-state index contributed by atoms with van der Waals surface area (Å²) in [5, 5.41) is 6.43. The molecule has 0 unspecified atom stereocenters. The number of carbonyl (C=O) groups is 1. The number of aryl methyl sites for hydroxylation is 1. The number of esters is 1. The molecule has 28 heavy (non-hydrogen) atoms. The largest absolute Gasteiger partial charge is 0.492 e. The number of para-hydroxylation sites is 2. The first kappa shape index (κ1) is 19.2. The summed E-state index contributed by atoms with van der Waals surface area (Å²) in [6.07, 6.45) is 0. The van der Waals surface area contributed by atoms with Gasteiger partial charge in [0.05, 0.1) is 25.0 Å². The smallest absolute Gasteiger partial charge is 0.337 e. The maximum atomic E-state index is 11.5. The number of nitrogens with one attached hydrogen (secondary N) is 2. The van der Waals surface area contributed by atoms with E-state index in [0.717, 1.165) is 22.8 Å². The molecule has 144 valence electrons. The zero-order valence-electron chi connectivity index (χ0n) is 16.0. The minimum Gasteiger partial charge on any atom is -0.492 e. The van der Waals surface area contributed by atoms with Crippen LogP contribution in [0.1, 0.15) is 23.0 Å². The second-order valence-electron chi connectivity index (χ2n) is 5.97. The van der Waals surface area contributed by atoms with Crippen molar-refractivity contribution in [1.82, 2.24) is 9.97 Å². The highest BCUT2D eigenvalue weighted by Crippen LogP contribution is 2.27. The van der Waals surface area contributed by atoms with Gasteiger partial charge in [0.25, 0.3) is 0 Å². The highest BCUT2D eigenvalue weighted by Gasteiger charge is 2.08. The topological polar surface area (TPSA) is 85.4 Å². The molecule has 0 radical (unpaired) electrons. The van der Waals surface area contributed by atoms with Crippen LogP contribution in [0.3, 0.4) is 0 Å². The number of carbonyl (C=O) groups excluding carboxylic acids is 1. The van der Waals surface area contributed by atoms with Crippen molar-refractivity contribution in [3.8, 4) is 5.75 Å². The Morgan fingerprint density at radius 1 is 1.04 bits per heavy atom. The van der Waals surface area contributed by atoms with E-state index in [1.54, 1.807) is 24.3 Å². The number of hydrogen-bond acceptors (Lipinski definition) is 7. The Morgan fingerprint density at radius 2 is 1.79 bits per heavy atom. The standard InChI is InChI=1S/C21H22N4O3/c1-4-28-18-8-6-5-7-17(18)24-21-22-14(2)13-19(25-21)23-16-11-9-15(10-12-16)20(26)27-3/h5-13H,4H2,1-3H3,(H2,22,23,24,25). The zero-order chi connectivity index (χ0) is 19.9. The molecule has 1 aromatic heterocycles. The van der Waals surface area contributed by atoms with Crippen LogP contribution >= 0.6 is 0 Å². The molecule has 0 aliphatic carbocycles. The highest BCUT2D eigenvalue weighted by molar-refractivity contribution is 5.89. The molecular formula is C21H22N4O3. The number of benzene rings is 2. The predicted octanol–water partition coefficient (Wildman–Crippen LogP) is 4.46. The SMILES string of the molecule is CCOc1ccccc1Nc1nc(C)cc(Nc2ccc(C(=O)OC)cc2)n1. The van der Waals surface area contributed by atoms with Gasteiger partial charge in [-0.25, -0.2) is 9.78 Å². The fraction of sp³-hybridized carbons (Fsp3) is 0.190. The zero-order valence-corrected chi connectivity index (χ0v) is 16.0. The van der Waals surface area contributed by atoms with E-state index in [0.29, 0.717) is 23.9 Å². The molecule has 1 heterocycles. The molecule has 7 heteroatoms. The van der Waals surface area contributed by atoms with Crippen molar-refractivity contribution in [3.05, 3.63) is 65.9 Å². The van der Waals surface area contributed by atoms with Crippen LogP contribution in [0, 0.1) is 6.92 Å². The summed E-state index contributed by atoms with van der Waals surface area (Å²) in [5.41, 5.74) is 2.89. The van der Waals surface area contributed by atoms with Gasteiger partial charge in [0.15, 0.2) is 0 Å². The summed E-state index contributed by atoms with van der Waals surface area (Å²) in [6, 6.07) is 16.5. The van der Waals surface area contributed by atoms with Gasteiger partial charge < -0.3 is 20.1 Å². The van der Waals surface area contributed by atoms with Gasteiger partial charge in [0.1, 0.15) is 11.6 Å². The van der Waals surface area contributed by atoms with Crippen LogP contribution in [0.2, 0.25) is 0 Å². The van der Waals surface area contributed by atoms with E-state index in [1.165, 1.54) is 7.11 Å². The Hall–Kier alpha value is -3.61. The van der Waals surface area contributed by atoms with Crippen LogP contribution in [0.4, 0.5) is 23.1 Å². The van der Waals surface area contributed by atoms with Gasteiger partial charge in [-0.05, 0) is 50.2 Å². The van der Waals surface area contributed by atoms with Gasteiger partial charge >= 0.3 is 5.97 Å². The van der Waals surface area contributed by atoms with Crippen molar-refractivity contribution in [2.75, 3.05) is 24.4 Å². The average Bonchev–Trinajstić information content (AvgIpc) is 2.69. The molecule has 0 saturated carbocycles. The Bertz CT molecular complexity index is 958. The van der Waals surface area contributed by atoms with Crippen molar-refractivity contribution in [1.29, 1.82) is 0 Å². The summed E-state index contributed by atoms with van der Waals surface area (Å²) in [5.74, 6) is 1.46. The molecule has 0 spiro atoms. The number of hydrogen-bond donors (Lipinski definition) is 2. The van der Waals surface area contributed by atoms with Crippen molar-refractivity contribution >= 4 is 29.1 Å². The van der Waals surface area contributed by atoms with Crippen LogP contribution in [0.5, 0.6) is 5.75 Å². The molecule has 2 aromatic carbocycles. The van der Waals surface area contributed by atoms with Crippen LogP contribution in [0.25, 0.3) is 0 Å². The second-order valence-corrected chi connectivity index (χ2v) is 5.97. The van der Waals surface area contributed by atoms with Crippen LogP contribution in [-0.4, -0.2) is 29.7 Å². The Kier molecular flexibility index (Phi) is 6.06. The van der Waals surface area contributed by atoms with Gasteiger partial charge in [-0.1, -0.05) is 12.1 Å². The third-order valence-electron chi connectivity index (χ3n) is 3.87. The van der Waals surface area contributed by atoms with E-state index in [1.807, 2.05) is 44.2 Å². The quantitative estimate of drug-likeness (QED) is 0.587. The van der Waals surface area contributed by atoms with Crippen molar-refractivity contribution in [2.24, 2.45) is 0 Å². The molecule has 0 amide bonds. The summed E-state index contributed by atoms with van der Waals surface area (Å²) in [6.45, 7) is 4.40. The Morgan fingerprint density at radius 3 is 2.50 bits per heavy atom. The minimum atomic E-state index is -0.371. The van der Waals surface area contributed by atoms with Crippen molar-refractivity contribution in [2.45, 2.75) is 13.8 Å². The molecular weight excluding hydrogens is 356 g/mol. The van der Waals surface area contributed by atoms with E-state index < -0.39 is 0 Å². The lowest BCUT2D eigenvalue weighted by molar-refractivity contribution is 0.0601. The molecule has 0 fully saturated rings. The van der Waals surface area contributed by atoms with E-state index in [9.17, 15) is 4.79 Å². The number of nitrogens with zero attached hydrogens (tertiary/aromatic N) is 2. The Balaban J connectivity index is 1.79. The molecule has 0 aliphatic heterocycles. The van der Waals surface area contributed by atoms with Gasteiger partial charge in [0.2, 0.25) is 5.95 Å². The summed E-state index contributed by atoms with van der Waals surface area (Å²) in [4.78, 5) is 20.5. The molecule has 0 bridgehead atoms. The monoisotopic (exact) mass is 378 g/mol. The molecule has 2 N–H and O–H groups in total. The first-order valence-electron chi connectivity index (χ1n) is 8.89. The van der Waals surface area contributed by atoms with E-state index in [4.69, 9.17) is 9.47 Å². The fourth-order valence-corrected chi connectivity index (χ4v) is 2.62. The summed E-state index contributed by atoms with van der Waals surface area (Å²) in [7, 11) is 1.36. The van der Waals surface area contributed by atoms with E-state index in [-0.39, 0.29) is 5.97 Å². The molecule has 0 atom stereocenters. The predicted molar refractivity (Wildman–Crippen MR) is 109 cm³/mol. The van der Waals surface area contributed by atoms with Gasteiger partial charge in [-0.15, -0.1) is 0 Å². The number of aromatic nitrogens is 2. The Labute approximate surface area is 163 Å². The van der Waals surface area contributed by atoms with Crippen molar-refractivity contribution < 1.29 is 14.3 Å². The van der Waals surface area contributed by atoms with Gasteiger partial charge in [-0.3, -0.25) is 0 Å². The molecule has 3 rings (SSSR count). The van der Waals surface area contributed by atoms with Crippen LogP contribution < -0.4 is 15.4 Å². The third kappa shape index (κ3) is 4.76. The number of anilines is 4. The minimum absolute atomic E-state index is 0.371. The molecule has 7 nitrogen and oxygen atoms in total.